The van der Waals surface area contributed by atoms with E-state index in [1.54, 1.807) is 11.8 Å². The van der Waals surface area contributed by atoms with Gasteiger partial charge in [-0.3, -0.25) is 4.79 Å². The Bertz CT molecular complexity index is 600. The molecular weight excluding hydrogens is 258 g/mol. The summed E-state index contributed by atoms with van der Waals surface area (Å²) in [7, 11) is 0. The first-order chi connectivity index (χ1) is 9.13. The molecule has 3 N–H and O–H groups in total. The standard InChI is InChI=1S/C14H17N3OS/c1-9(19-2)7-17-14(18)12-8-16-13(15)11-6-4-3-5-10(11)12/h3-6,8-9H,7H2,1-2H3,(H2,15,16)(H,17,18). The van der Waals surface area contributed by atoms with E-state index in [0.29, 0.717) is 23.2 Å². The van der Waals surface area contributed by atoms with Crippen LogP contribution in [0.1, 0.15) is 17.3 Å². The number of aromatic nitrogens is 1. The summed E-state index contributed by atoms with van der Waals surface area (Å²) in [5.41, 5.74) is 6.39. The first-order valence-corrected chi connectivity index (χ1v) is 7.36. The SMILES string of the molecule is CSC(C)CNC(=O)c1cnc(N)c2ccccc12. The van der Waals surface area contributed by atoms with E-state index in [4.69, 9.17) is 5.73 Å². The van der Waals surface area contributed by atoms with E-state index in [9.17, 15) is 4.79 Å². The number of nitrogens with two attached hydrogens (primary N) is 1. The summed E-state index contributed by atoms with van der Waals surface area (Å²) < 4.78 is 0. The summed E-state index contributed by atoms with van der Waals surface area (Å²) in [6.45, 7) is 2.71. The smallest absolute Gasteiger partial charge is 0.253 e. The van der Waals surface area contributed by atoms with Crippen LogP contribution in [0.2, 0.25) is 0 Å². The molecule has 2 rings (SSSR count). The number of carbonyl (C=O) groups is 1. The predicted molar refractivity (Wildman–Crippen MR) is 81.5 cm³/mol. The number of benzene rings is 1. The lowest BCUT2D eigenvalue weighted by Gasteiger charge is -2.11. The van der Waals surface area contributed by atoms with Crippen molar-refractivity contribution in [3.63, 3.8) is 0 Å². The normalized spacial score (nSPS) is 12.3. The zero-order chi connectivity index (χ0) is 13.8. The van der Waals surface area contributed by atoms with E-state index < -0.39 is 0 Å². The van der Waals surface area contributed by atoms with Crippen LogP contribution in [-0.2, 0) is 0 Å². The van der Waals surface area contributed by atoms with Crippen molar-refractivity contribution in [2.24, 2.45) is 0 Å². The molecule has 0 bridgehead atoms. The Labute approximate surface area is 116 Å². The van der Waals surface area contributed by atoms with E-state index in [2.05, 4.69) is 17.2 Å². The van der Waals surface area contributed by atoms with Crippen molar-refractivity contribution in [3.8, 4) is 0 Å². The number of hydrogen-bond acceptors (Lipinski definition) is 4. The summed E-state index contributed by atoms with van der Waals surface area (Å²) in [6, 6.07) is 7.54. The first-order valence-electron chi connectivity index (χ1n) is 6.07. The van der Waals surface area contributed by atoms with Crippen LogP contribution in [0.15, 0.2) is 30.5 Å². The molecule has 5 heteroatoms. The fourth-order valence-corrected chi connectivity index (χ4v) is 2.06. The third kappa shape index (κ3) is 2.98. The number of nitrogens with one attached hydrogen (secondary N) is 1. The molecule has 0 saturated carbocycles. The molecule has 0 fully saturated rings. The lowest BCUT2D eigenvalue weighted by atomic mass is 10.1. The lowest BCUT2D eigenvalue weighted by molar-refractivity contribution is 0.0955. The Morgan fingerprint density at radius 1 is 1.42 bits per heavy atom. The van der Waals surface area contributed by atoms with Gasteiger partial charge >= 0.3 is 0 Å². The molecular formula is C14H17N3OS. The maximum absolute atomic E-state index is 12.2. The largest absolute Gasteiger partial charge is 0.383 e. The fourth-order valence-electron chi connectivity index (χ4n) is 1.81. The van der Waals surface area contributed by atoms with Crippen LogP contribution >= 0.6 is 11.8 Å². The lowest BCUT2D eigenvalue weighted by Crippen LogP contribution is -2.29. The monoisotopic (exact) mass is 275 g/mol. The highest BCUT2D eigenvalue weighted by Crippen LogP contribution is 2.22. The maximum Gasteiger partial charge on any atom is 0.253 e. The second-order valence-electron chi connectivity index (χ2n) is 4.36. The number of nitrogens with zero attached hydrogens (tertiary/aromatic N) is 1. The van der Waals surface area contributed by atoms with Crippen molar-refractivity contribution >= 4 is 34.3 Å². The molecule has 0 aliphatic heterocycles. The van der Waals surface area contributed by atoms with Gasteiger partial charge in [0, 0.05) is 23.4 Å². The van der Waals surface area contributed by atoms with Gasteiger partial charge in [-0.25, -0.2) is 4.98 Å². The van der Waals surface area contributed by atoms with Gasteiger partial charge in [-0.2, -0.15) is 11.8 Å². The van der Waals surface area contributed by atoms with Crippen LogP contribution in [-0.4, -0.2) is 28.9 Å². The number of rotatable bonds is 4. The minimum absolute atomic E-state index is 0.107. The van der Waals surface area contributed by atoms with Crippen molar-refractivity contribution in [1.29, 1.82) is 0 Å². The Hall–Kier alpha value is -1.75. The van der Waals surface area contributed by atoms with Crippen LogP contribution in [0, 0.1) is 0 Å². The molecule has 1 aromatic heterocycles. The van der Waals surface area contributed by atoms with E-state index in [1.165, 1.54) is 6.20 Å². The number of carbonyl (C=O) groups excluding carboxylic acids is 1. The van der Waals surface area contributed by atoms with Crippen LogP contribution in [0.3, 0.4) is 0 Å². The van der Waals surface area contributed by atoms with Gasteiger partial charge in [-0.05, 0) is 11.6 Å². The van der Waals surface area contributed by atoms with Gasteiger partial charge in [0.1, 0.15) is 5.82 Å². The number of anilines is 1. The third-order valence-corrected chi connectivity index (χ3v) is 3.99. The van der Waals surface area contributed by atoms with Gasteiger partial charge in [-0.15, -0.1) is 0 Å². The minimum atomic E-state index is -0.107. The van der Waals surface area contributed by atoms with E-state index >= 15 is 0 Å². The highest BCUT2D eigenvalue weighted by Gasteiger charge is 2.12. The summed E-state index contributed by atoms with van der Waals surface area (Å²) in [5.74, 6) is 0.342. The Morgan fingerprint density at radius 2 is 2.11 bits per heavy atom. The predicted octanol–water partition coefficient (Wildman–Crippen LogP) is 2.30. The molecule has 4 nitrogen and oxygen atoms in total. The summed E-state index contributed by atoms with van der Waals surface area (Å²) >= 11 is 1.72. The molecule has 1 aromatic carbocycles. The molecule has 0 spiro atoms. The van der Waals surface area contributed by atoms with E-state index in [1.807, 2.05) is 30.5 Å². The third-order valence-electron chi connectivity index (χ3n) is 3.02. The van der Waals surface area contributed by atoms with Crippen LogP contribution in [0.25, 0.3) is 10.8 Å². The molecule has 0 aliphatic rings. The molecule has 0 radical (unpaired) electrons. The van der Waals surface area contributed by atoms with Crippen molar-refractivity contribution in [3.05, 3.63) is 36.0 Å². The summed E-state index contributed by atoms with van der Waals surface area (Å²) in [6.07, 6.45) is 3.56. The zero-order valence-electron chi connectivity index (χ0n) is 11.0. The molecule has 0 aliphatic carbocycles. The van der Waals surface area contributed by atoms with Crippen molar-refractivity contribution in [2.75, 3.05) is 18.5 Å². The number of fused-ring (bicyclic) bond motifs is 1. The molecule has 0 saturated heterocycles. The fraction of sp³-hybridized carbons (Fsp3) is 0.286. The van der Waals surface area contributed by atoms with Crippen LogP contribution < -0.4 is 11.1 Å². The Balaban J connectivity index is 2.30. The average molecular weight is 275 g/mol. The average Bonchev–Trinajstić information content (AvgIpc) is 2.45. The molecule has 1 unspecified atom stereocenters. The number of pyridine rings is 1. The summed E-state index contributed by atoms with van der Waals surface area (Å²) in [4.78, 5) is 16.3. The van der Waals surface area contributed by atoms with E-state index in [-0.39, 0.29) is 5.91 Å². The molecule has 1 amide bonds. The van der Waals surface area contributed by atoms with E-state index in [0.717, 1.165) is 10.8 Å². The Kier molecular flexibility index (Phi) is 4.27. The van der Waals surface area contributed by atoms with Gasteiger partial charge in [0.05, 0.1) is 5.56 Å². The highest BCUT2D eigenvalue weighted by atomic mass is 32.2. The number of nitrogen functional groups attached to an aromatic ring is 1. The van der Waals surface area contributed by atoms with Crippen molar-refractivity contribution < 1.29 is 4.79 Å². The molecule has 2 aromatic rings. The minimum Gasteiger partial charge on any atom is -0.383 e. The van der Waals surface area contributed by atoms with Crippen molar-refractivity contribution in [1.82, 2.24) is 10.3 Å². The zero-order valence-corrected chi connectivity index (χ0v) is 11.8. The number of hydrogen-bond donors (Lipinski definition) is 2. The van der Waals surface area contributed by atoms with Gasteiger partial charge in [0.15, 0.2) is 0 Å². The highest BCUT2D eigenvalue weighted by molar-refractivity contribution is 7.99. The number of thioether (sulfide) groups is 1. The molecule has 100 valence electrons. The maximum atomic E-state index is 12.2. The quantitative estimate of drug-likeness (QED) is 0.898. The second kappa shape index (κ2) is 5.93. The molecule has 1 heterocycles. The van der Waals surface area contributed by atoms with Crippen LogP contribution in [0.5, 0.6) is 0 Å². The van der Waals surface area contributed by atoms with Gasteiger partial charge in [-0.1, -0.05) is 31.2 Å². The topological polar surface area (TPSA) is 68.0 Å². The van der Waals surface area contributed by atoms with Gasteiger partial charge < -0.3 is 11.1 Å². The first kappa shape index (κ1) is 13.7. The van der Waals surface area contributed by atoms with Gasteiger partial charge in [0.2, 0.25) is 0 Å². The number of amides is 1. The summed E-state index contributed by atoms with van der Waals surface area (Å²) in [5, 5.41) is 4.96. The Morgan fingerprint density at radius 3 is 2.79 bits per heavy atom. The molecule has 1 atom stereocenters. The van der Waals surface area contributed by atoms with Gasteiger partial charge in [0.25, 0.3) is 5.91 Å². The second-order valence-corrected chi connectivity index (χ2v) is 5.64. The molecule has 19 heavy (non-hydrogen) atoms. The van der Waals surface area contributed by atoms with Crippen molar-refractivity contribution in [2.45, 2.75) is 12.2 Å². The van der Waals surface area contributed by atoms with Crippen LogP contribution in [0.4, 0.5) is 5.82 Å².